The Bertz CT molecular complexity index is 1090. The van der Waals surface area contributed by atoms with E-state index in [1.807, 2.05) is 13.8 Å². The lowest BCUT2D eigenvalue weighted by atomic mass is 10.1. The number of hydrogen-bond donors (Lipinski definition) is 1. The molecule has 0 saturated carbocycles. The van der Waals surface area contributed by atoms with Crippen LogP contribution in [0, 0.1) is 19.8 Å². The minimum Gasteiger partial charge on any atom is -0.495 e. The lowest BCUT2D eigenvalue weighted by Gasteiger charge is -2.19. The molecule has 1 aliphatic heterocycles. The molecule has 1 saturated heterocycles. The van der Waals surface area contributed by atoms with Gasteiger partial charge in [-0.3, -0.25) is 14.9 Å². The van der Waals surface area contributed by atoms with Crippen LogP contribution in [0.3, 0.4) is 0 Å². The average molecular weight is 420 g/mol. The second-order valence-corrected chi connectivity index (χ2v) is 8.20. The molecule has 0 radical (unpaired) electrons. The van der Waals surface area contributed by atoms with Gasteiger partial charge in [0.25, 0.3) is 0 Å². The van der Waals surface area contributed by atoms with Crippen molar-refractivity contribution in [3.8, 4) is 5.75 Å². The van der Waals surface area contributed by atoms with Crippen LogP contribution in [0.4, 0.5) is 11.6 Å². The van der Waals surface area contributed by atoms with Crippen molar-refractivity contribution >= 4 is 51.3 Å². The number of carbonyl (C=O) groups excluding carboxylic acids is 2. The molecule has 28 heavy (non-hydrogen) atoms. The molecule has 1 unspecified atom stereocenters. The van der Waals surface area contributed by atoms with E-state index in [9.17, 15) is 9.59 Å². The van der Waals surface area contributed by atoms with Gasteiger partial charge in [0.2, 0.25) is 22.7 Å². The number of hydrogen-bond acceptors (Lipinski definition) is 6. The van der Waals surface area contributed by atoms with E-state index >= 15 is 0 Å². The summed E-state index contributed by atoms with van der Waals surface area (Å²) in [7, 11) is 1.53. The Balaban J connectivity index is 1.51. The number of halogens is 1. The van der Waals surface area contributed by atoms with Crippen molar-refractivity contribution in [1.29, 1.82) is 0 Å². The van der Waals surface area contributed by atoms with Gasteiger partial charge in [-0.05, 0) is 32.0 Å². The summed E-state index contributed by atoms with van der Waals surface area (Å²) in [5.41, 5.74) is 1.55. The van der Waals surface area contributed by atoms with Crippen molar-refractivity contribution < 1.29 is 14.3 Å². The smallest absolute Gasteiger partial charge is 0.250 e. The third-order valence-electron chi connectivity index (χ3n) is 4.81. The number of nitrogens with one attached hydrogen (secondary N) is 1. The number of aryl methyl sites for hydroxylation is 2. The van der Waals surface area contributed by atoms with Gasteiger partial charge in [0.15, 0.2) is 0 Å². The van der Waals surface area contributed by atoms with Crippen molar-refractivity contribution in [2.75, 3.05) is 23.9 Å². The summed E-state index contributed by atoms with van der Waals surface area (Å²) in [6.45, 7) is 4.18. The fraction of sp³-hybridized carbons (Fsp3) is 0.333. The summed E-state index contributed by atoms with van der Waals surface area (Å²) in [5.74, 6) is -0.192. The predicted molar refractivity (Wildman–Crippen MR) is 107 cm³/mol. The number of aromatic nitrogens is 3. The molecular weight excluding hydrogens is 402 g/mol. The summed E-state index contributed by atoms with van der Waals surface area (Å²) in [6, 6.07) is 5.05. The Morgan fingerprint density at radius 3 is 2.89 bits per heavy atom. The van der Waals surface area contributed by atoms with Crippen LogP contribution in [0.1, 0.15) is 17.0 Å². The van der Waals surface area contributed by atoms with Crippen LogP contribution >= 0.6 is 22.9 Å². The highest BCUT2D eigenvalue weighted by molar-refractivity contribution is 7.17. The molecule has 1 aliphatic rings. The van der Waals surface area contributed by atoms with Crippen molar-refractivity contribution in [1.82, 2.24) is 14.6 Å². The van der Waals surface area contributed by atoms with E-state index in [4.69, 9.17) is 16.3 Å². The molecule has 4 rings (SSSR count). The van der Waals surface area contributed by atoms with Gasteiger partial charge in [-0.1, -0.05) is 22.9 Å². The lowest BCUT2D eigenvalue weighted by molar-refractivity contribution is -0.122. The summed E-state index contributed by atoms with van der Waals surface area (Å²) in [6.07, 6.45) is 0.0991. The third-order valence-corrected chi connectivity index (χ3v) is 6.10. The predicted octanol–water partition coefficient (Wildman–Crippen LogP) is 3.06. The van der Waals surface area contributed by atoms with Crippen LogP contribution < -0.4 is 15.0 Å². The first kappa shape index (κ1) is 18.7. The molecule has 3 aromatic rings. The summed E-state index contributed by atoms with van der Waals surface area (Å²) in [4.78, 5) is 32.9. The van der Waals surface area contributed by atoms with Gasteiger partial charge in [-0.15, -0.1) is 5.10 Å². The van der Waals surface area contributed by atoms with E-state index in [0.29, 0.717) is 16.5 Å². The van der Waals surface area contributed by atoms with Crippen LogP contribution in [0.25, 0.3) is 4.96 Å². The number of anilines is 2. The van der Waals surface area contributed by atoms with Gasteiger partial charge < -0.3 is 9.64 Å². The van der Waals surface area contributed by atoms with E-state index in [1.54, 1.807) is 22.7 Å². The Kier molecular flexibility index (Phi) is 4.72. The van der Waals surface area contributed by atoms with Crippen LogP contribution in [0.15, 0.2) is 18.2 Å². The molecule has 2 aromatic heterocycles. The fourth-order valence-corrected chi connectivity index (χ4v) is 4.27. The van der Waals surface area contributed by atoms with E-state index in [2.05, 4.69) is 15.4 Å². The number of nitrogens with zero attached hydrogens (tertiary/aromatic N) is 4. The van der Waals surface area contributed by atoms with Gasteiger partial charge >= 0.3 is 0 Å². The number of rotatable bonds is 4. The molecule has 1 fully saturated rings. The summed E-state index contributed by atoms with van der Waals surface area (Å²) >= 11 is 7.58. The molecule has 146 valence electrons. The normalized spacial score (nSPS) is 16.8. The van der Waals surface area contributed by atoms with Gasteiger partial charge in [-0.25, -0.2) is 4.52 Å². The molecule has 1 aromatic carbocycles. The lowest BCUT2D eigenvalue weighted by Crippen LogP contribution is -2.28. The number of ether oxygens (including phenoxy) is 1. The van der Waals surface area contributed by atoms with Crippen LogP contribution in [0.5, 0.6) is 5.75 Å². The molecule has 1 N–H and O–H groups in total. The summed E-state index contributed by atoms with van der Waals surface area (Å²) in [5, 5.41) is 7.55. The topological polar surface area (TPSA) is 88.8 Å². The molecule has 10 heteroatoms. The van der Waals surface area contributed by atoms with E-state index in [-0.39, 0.29) is 30.7 Å². The van der Waals surface area contributed by atoms with Crippen molar-refractivity contribution in [3.63, 3.8) is 0 Å². The zero-order valence-electron chi connectivity index (χ0n) is 15.5. The van der Waals surface area contributed by atoms with Gasteiger partial charge in [0.05, 0.1) is 24.4 Å². The van der Waals surface area contributed by atoms with E-state index < -0.39 is 5.92 Å². The first-order valence-corrected chi connectivity index (χ1v) is 9.84. The number of methoxy groups -OCH3 is 1. The number of benzene rings is 1. The van der Waals surface area contributed by atoms with Gasteiger partial charge in [-0.2, -0.15) is 4.98 Å². The third kappa shape index (κ3) is 3.20. The molecule has 1 atom stereocenters. The molecule has 3 heterocycles. The molecule has 2 amide bonds. The van der Waals surface area contributed by atoms with Crippen molar-refractivity contribution in [2.45, 2.75) is 20.3 Å². The SMILES string of the molecule is COc1ccc(Cl)cc1N1CC(C(=O)Nc2nc3sc(C)c(C)n3n2)CC1=O. The second kappa shape index (κ2) is 7.06. The van der Waals surface area contributed by atoms with Crippen LogP contribution in [-0.2, 0) is 9.59 Å². The Morgan fingerprint density at radius 1 is 1.39 bits per heavy atom. The number of amides is 2. The minimum absolute atomic E-state index is 0.0991. The first-order valence-electron chi connectivity index (χ1n) is 8.65. The number of carbonyl (C=O) groups is 2. The number of thiazole rings is 1. The molecule has 8 nitrogen and oxygen atoms in total. The van der Waals surface area contributed by atoms with Crippen LogP contribution in [-0.4, -0.2) is 40.1 Å². The standard InChI is InChI=1S/C18H18ClN5O3S/c1-9-10(2)28-18-21-17(22-24(9)18)20-16(26)11-6-15(25)23(8-11)13-7-12(19)4-5-14(13)27-3/h4-5,7,11H,6,8H2,1-3H3,(H,20,22,26). The average Bonchev–Trinajstić information content (AvgIpc) is 3.30. The quantitative estimate of drug-likeness (QED) is 0.702. The van der Waals surface area contributed by atoms with Crippen molar-refractivity contribution in [3.05, 3.63) is 33.8 Å². The maximum absolute atomic E-state index is 12.7. The maximum atomic E-state index is 12.7. The van der Waals surface area contributed by atoms with E-state index in [0.717, 1.165) is 15.5 Å². The number of fused-ring (bicyclic) bond motifs is 1. The highest BCUT2D eigenvalue weighted by atomic mass is 35.5. The highest BCUT2D eigenvalue weighted by Crippen LogP contribution is 2.35. The Hall–Kier alpha value is -2.65. The minimum atomic E-state index is -0.513. The summed E-state index contributed by atoms with van der Waals surface area (Å²) < 4.78 is 7.03. The zero-order valence-corrected chi connectivity index (χ0v) is 17.1. The van der Waals surface area contributed by atoms with E-state index in [1.165, 1.54) is 23.3 Å². The Labute approximate surface area is 170 Å². The monoisotopic (exact) mass is 419 g/mol. The molecular formula is C18H18ClN5O3S. The van der Waals surface area contributed by atoms with Crippen molar-refractivity contribution in [2.24, 2.45) is 5.92 Å². The first-order chi connectivity index (χ1) is 13.4. The highest BCUT2D eigenvalue weighted by Gasteiger charge is 2.36. The molecule has 0 bridgehead atoms. The fourth-order valence-electron chi connectivity index (χ4n) is 3.20. The largest absolute Gasteiger partial charge is 0.495 e. The van der Waals surface area contributed by atoms with Gasteiger partial charge in [0.1, 0.15) is 5.75 Å². The maximum Gasteiger partial charge on any atom is 0.250 e. The molecule has 0 aliphatic carbocycles. The Morgan fingerprint density at radius 2 is 2.18 bits per heavy atom. The molecule has 0 spiro atoms. The second-order valence-electron chi connectivity index (χ2n) is 6.58. The van der Waals surface area contributed by atoms with Crippen LogP contribution in [0.2, 0.25) is 5.02 Å². The zero-order chi connectivity index (χ0) is 20.0. The van der Waals surface area contributed by atoms with Gasteiger partial charge in [0, 0.05) is 22.9 Å².